The molecule has 6 aromatic rings. The minimum atomic E-state index is -5.64. The maximum absolute atomic E-state index is 16.0. The Hall–Kier alpha value is -2.48. The molecule has 0 radical (unpaired) electrons. The van der Waals surface area contributed by atoms with Crippen LogP contribution >= 0.6 is 68.0 Å². The Morgan fingerprint density at radius 2 is 0.780 bits per heavy atom. The summed E-state index contributed by atoms with van der Waals surface area (Å²) >= 11 is 7.45. The van der Waals surface area contributed by atoms with Crippen molar-refractivity contribution in [3.8, 4) is 39.0 Å². The van der Waals surface area contributed by atoms with Crippen molar-refractivity contribution >= 4 is 79.2 Å². The van der Waals surface area contributed by atoms with Crippen molar-refractivity contribution in [1.82, 2.24) is 0 Å². The van der Waals surface area contributed by atoms with Crippen molar-refractivity contribution in [2.45, 2.75) is 17.8 Å². The average Bonchev–Trinajstić information content (AvgIpc) is 3.79. The topological polar surface area (TPSA) is 0 Å². The lowest BCUT2D eigenvalue weighted by molar-refractivity contribution is -0.254. The molecule has 7 rings (SSSR count). The van der Waals surface area contributed by atoms with Gasteiger partial charge in [0.25, 0.3) is 0 Å². The fourth-order valence-corrected chi connectivity index (χ4v) is 10.6. The van der Waals surface area contributed by atoms with Crippen LogP contribution in [0.1, 0.15) is 11.1 Å². The third-order valence-electron chi connectivity index (χ3n) is 6.69. The van der Waals surface area contributed by atoms with Crippen LogP contribution < -0.4 is 0 Å². The van der Waals surface area contributed by atoms with Gasteiger partial charge < -0.3 is 0 Å². The molecule has 1 aliphatic carbocycles. The van der Waals surface area contributed by atoms with Gasteiger partial charge in [0, 0.05) is 51.5 Å². The highest BCUT2D eigenvalue weighted by Crippen LogP contribution is 2.67. The Kier molecular flexibility index (Phi) is 6.53. The molecule has 0 nitrogen and oxygen atoms in total. The van der Waals surface area contributed by atoms with Crippen LogP contribution in [-0.4, -0.2) is 17.8 Å². The van der Waals surface area contributed by atoms with Gasteiger partial charge in [0.2, 0.25) is 0 Å². The van der Waals surface area contributed by atoms with E-state index in [9.17, 15) is 0 Å². The summed E-state index contributed by atoms with van der Waals surface area (Å²) in [4.78, 5) is 4.15. The molecule has 0 fully saturated rings. The molecule has 0 atom stereocenters. The van der Waals surface area contributed by atoms with Crippen LogP contribution in [0, 0.1) is 0 Å². The second-order valence-corrected chi connectivity index (χ2v) is 15.0. The first kappa shape index (κ1) is 27.4. The normalized spacial score (nSPS) is 17.5. The van der Waals surface area contributed by atoms with E-state index < -0.39 is 28.9 Å². The van der Waals surface area contributed by atoms with E-state index in [2.05, 4.69) is 0 Å². The van der Waals surface area contributed by atoms with Gasteiger partial charge in [-0.25, -0.2) is 0 Å². The van der Waals surface area contributed by atoms with Crippen molar-refractivity contribution in [2.75, 3.05) is 0 Å². The maximum Gasteiger partial charge on any atom is 0.380 e. The minimum absolute atomic E-state index is 0.260. The second kappa shape index (κ2) is 9.78. The number of halogens is 6. The van der Waals surface area contributed by atoms with Gasteiger partial charge in [0.1, 0.15) is 0 Å². The summed E-state index contributed by atoms with van der Waals surface area (Å²) in [6.45, 7) is 0. The van der Waals surface area contributed by atoms with Crippen molar-refractivity contribution in [1.29, 1.82) is 0 Å². The van der Waals surface area contributed by atoms with E-state index >= 15 is 26.3 Å². The first-order chi connectivity index (χ1) is 19.6. The molecule has 0 amide bonds. The molecule has 0 N–H and O–H groups in total. The van der Waals surface area contributed by atoms with E-state index in [-0.39, 0.29) is 20.9 Å². The molecule has 0 bridgehead atoms. The first-order valence-corrected chi connectivity index (χ1v) is 17.1. The van der Waals surface area contributed by atoms with Crippen molar-refractivity contribution < 1.29 is 26.3 Å². The minimum Gasteiger partial charge on any atom is -0.194 e. The molecule has 6 aromatic heterocycles. The fraction of sp³-hybridized carbons (Fsp3) is 0.103. The molecule has 0 unspecified atom stereocenters. The summed E-state index contributed by atoms with van der Waals surface area (Å²) in [5, 5.41) is 7.08. The smallest absolute Gasteiger partial charge is 0.194 e. The lowest BCUT2D eigenvalue weighted by Gasteiger charge is -2.25. The fourth-order valence-electron chi connectivity index (χ4n) is 4.85. The second-order valence-electron chi connectivity index (χ2n) is 9.09. The van der Waals surface area contributed by atoms with Gasteiger partial charge in [-0.1, -0.05) is 24.3 Å². The highest BCUT2D eigenvalue weighted by Gasteiger charge is 2.80. The molecule has 12 heteroatoms. The number of allylic oxidation sites excluding steroid dienone is 2. The van der Waals surface area contributed by atoms with Gasteiger partial charge in [-0.15, -0.1) is 68.0 Å². The van der Waals surface area contributed by atoms with Crippen LogP contribution in [0.25, 0.3) is 50.2 Å². The molecule has 0 spiro atoms. The number of rotatable bonds is 6. The average molecular weight is 669 g/mol. The summed E-state index contributed by atoms with van der Waals surface area (Å²) in [5.41, 5.74) is -3.22. The Balaban J connectivity index is 1.58. The summed E-state index contributed by atoms with van der Waals surface area (Å²) in [5.74, 6) is -15.9. The molecule has 41 heavy (non-hydrogen) atoms. The first-order valence-electron chi connectivity index (χ1n) is 11.9. The monoisotopic (exact) mass is 668 g/mol. The van der Waals surface area contributed by atoms with Gasteiger partial charge in [-0.3, -0.25) is 0 Å². The number of alkyl halides is 6. The van der Waals surface area contributed by atoms with E-state index in [1.807, 2.05) is 10.8 Å². The molecular weight excluding hydrogens is 655 g/mol. The van der Waals surface area contributed by atoms with E-state index in [0.717, 1.165) is 32.4 Å². The van der Waals surface area contributed by atoms with Gasteiger partial charge in [-0.2, -0.15) is 26.3 Å². The van der Waals surface area contributed by atoms with Gasteiger partial charge in [-0.05, 0) is 57.9 Å². The van der Waals surface area contributed by atoms with Crippen LogP contribution in [0.5, 0.6) is 0 Å². The molecule has 208 valence electrons. The standard InChI is InChI=1S/C29H14F6S6/c30-27(31)23(15-13-21(17-5-1-9-36-17)40-25(15)19-7-3-11-38-19)24(28(32,33)29(27,34)35)16-14-22(18-6-2-10-37-18)41-26(16)20-8-4-12-39-20/h1-14H. The zero-order valence-corrected chi connectivity index (χ0v) is 25.2. The molecule has 0 aliphatic heterocycles. The number of hydrogen-bond donors (Lipinski definition) is 0. The van der Waals surface area contributed by atoms with Crippen LogP contribution in [0.3, 0.4) is 0 Å². The van der Waals surface area contributed by atoms with Crippen LogP contribution in [0.2, 0.25) is 0 Å². The van der Waals surface area contributed by atoms with Gasteiger partial charge in [0.15, 0.2) is 0 Å². The largest absolute Gasteiger partial charge is 0.380 e. The summed E-state index contributed by atoms with van der Waals surface area (Å²) < 4.78 is 94.6. The highest BCUT2D eigenvalue weighted by molar-refractivity contribution is 7.26. The van der Waals surface area contributed by atoms with Gasteiger partial charge >= 0.3 is 17.8 Å². The predicted octanol–water partition coefficient (Wildman–Crippen LogP) is 12.6. The Morgan fingerprint density at radius 3 is 1.10 bits per heavy atom. The van der Waals surface area contributed by atoms with E-state index in [0.29, 0.717) is 19.5 Å². The third kappa shape index (κ3) is 4.09. The highest BCUT2D eigenvalue weighted by atomic mass is 32.1. The van der Waals surface area contributed by atoms with E-state index in [4.69, 9.17) is 0 Å². The summed E-state index contributed by atoms with van der Waals surface area (Å²) in [7, 11) is 0. The van der Waals surface area contributed by atoms with Crippen LogP contribution in [-0.2, 0) is 0 Å². The third-order valence-corrected chi connectivity index (χ3v) is 13.2. The molecule has 0 aromatic carbocycles. The van der Waals surface area contributed by atoms with Gasteiger partial charge in [0.05, 0.1) is 9.75 Å². The zero-order valence-electron chi connectivity index (χ0n) is 20.3. The van der Waals surface area contributed by atoms with Crippen molar-refractivity contribution in [2.24, 2.45) is 0 Å². The van der Waals surface area contributed by atoms with Crippen LogP contribution in [0.15, 0.2) is 82.2 Å². The molecule has 0 saturated heterocycles. The Labute approximate surface area is 254 Å². The quantitative estimate of drug-likeness (QED) is 0.155. The van der Waals surface area contributed by atoms with Crippen LogP contribution in [0.4, 0.5) is 26.3 Å². The summed E-state index contributed by atoms with van der Waals surface area (Å²) in [6.07, 6.45) is 0. The van der Waals surface area contributed by atoms with Crippen molar-refractivity contribution in [3.63, 3.8) is 0 Å². The Morgan fingerprint density at radius 1 is 0.439 bits per heavy atom. The molecule has 1 aliphatic rings. The number of hydrogen-bond acceptors (Lipinski definition) is 6. The predicted molar refractivity (Wildman–Crippen MR) is 164 cm³/mol. The van der Waals surface area contributed by atoms with E-state index in [1.165, 1.54) is 57.5 Å². The lowest BCUT2D eigenvalue weighted by atomic mass is 9.94. The number of thiophene rings is 6. The summed E-state index contributed by atoms with van der Waals surface area (Å²) in [6, 6.07) is 16.6. The zero-order chi connectivity index (χ0) is 28.6. The molecular formula is C29H14F6S6. The lowest BCUT2D eigenvalue weighted by Crippen LogP contribution is -2.48. The van der Waals surface area contributed by atoms with Crippen molar-refractivity contribution in [3.05, 3.63) is 93.3 Å². The maximum atomic E-state index is 16.0. The Bertz CT molecular complexity index is 1720. The molecule has 6 heterocycles. The molecule has 0 saturated carbocycles. The SMILES string of the molecule is FC1(F)C(c2cc(-c3cccs3)sc2-c2cccs2)=C(c2cc(-c3cccs3)sc2-c2cccs2)C(F)(F)C1(F)F. The van der Waals surface area contributed by atoms with E-state index in [1.54, 1.807) is 59.3 Å².